The average Bonchev–Trinajstić information content (AvgIpc) is 3.33. The van der Waals surface area contributed by atoms with Crippen LogP contribution in [-0.2, 0) is 19.1 Å². The molecule has 0 spiro atoms. The van der Waals surface area contributed by atoms with Gasteiger partial charge in [0.25, 0.3) is 0 Å². The van der Waals surface area contributed by atoms with Crippen molar-refractivity contribution in [1.82, 2.24) is 0 Å². The van der Waals surface area contributed by atoms with E-state index in [2.05, 4.69) is 136 Å². The molecule has 1 aliphatic rings. The van der Waals surface area contributed by atoms with Crippen LogP contribution in [-0.4, -0.2) is 38.9 Å². The molecular formula is C61H51N3O5. The molecule has 1 heterocycles. The molecule has 0 saturated heterocycles. The van der Waals surface area contributed by atoms with Crippen LogP contribution in [0.2, 0.25) is 0 Å². The van der Waals surface area contributed by atoms with Gasteiger partial charge in [0.05, 0.1) is 13.4 Å². The monoisotopic (exact) mass is 905 g/mol. The van der Waals surface area contributed by atoms with Gasteiger partial charge in [-0.25, -0.2) is 4.79 Å². The third-order valence-electron chi connectivity index (χ3n) is 12.8. The first-order valence-electron chi connectivity index (χ1n) is 22.8. The Labute approximate surface area is 402 Å². The Hall–Kier alpha value is -8.54. The van der Waals surface area contributed by atoms with Gasteiger partial charge in [-0.1, -0.05) is 114 Å². The van der Waals surface area contributed by atoms with Crippen molar-refractivity contribution >= 4 is 73.5 Å². The van der Waals surface area contributed by atoms with Gasteiger partial charge in [-0.15, -0.1) is 0 Å². The van der Waals surface area contributed by atoms with Crippen LogP contribution in [0, 0.1) is 45.9 Å². The number of methoxy groups -OCH3 is 1. The summed E-state index contributed by atoms with van der Waals surface area (Å²) in [5.41, 5.74) is 13.3. The van der Waals surface area contributed by atoms with Crippen LogP contribution in [0.15, 0.2) is 167 Å². The highest BCUT2D eigenvalue weighted by atomic mass is 16.5. The van der Waals surface area contributed by atoms with Gasteiger partial charge in [-0.2, -0.15) is 5.26 Å². The molecule has 9 rings (SSSR count). The number of hydrogen-bond donors (Lipinski definition) is 0. The van der Waals surface area contributed by atoms with Crippen molar-refractivity contribution in [1.29, 1.82) is 5.26 Å². The van der Waals surface area contributed by atoms with Crippen LogP contribution >= 0.6 is 0 Å². The summed E-state index contributed by atoms with van der Waals surface area (Å²) in [6.45, 7) is 15.5. The summed E-state index contributed by atoms with van der Waals surface area (Å²) in [5, 5.41) is 18.8. The standard InChI is InChI=1S/C61H51N3O5/c1-36-10-22-51-54(25-36)60(50-21-9-37(2)26-55(50)61(51)46-18-16-44-24-38(3)23-39(4)52(44)30-46)45-17-15-43-31-57(40(5)27-48(43)29-45)69-59(66)34-64(33-58(65)67-8)49-19-12-42(13-20-49)11-14-47-35-68-41(6)28-53(47)56(32-62)63-7/h9-31,35H,7,33-34H2,1-6,8H3/b14-11+,56-53+. The molecule has 0 radical (unpaired) electrons. The smallest absolute Gasteiger partial charge is 0.330 e. The van der Waals surface area contributed by atoms with Gasteiger partial charge in [0.1, 0.15) is 36.4 Å². The number of allylic oxidation sites excluding steroid dienone is 6. The second-order valence-corrected chi connectivity index (χ2v) is 17.9. The van der Waals surface area contributed by atoms with Gasteiger partial charge >= 0.3 is 11.9 Å². The Kier molecular flexibility index (Phi) is 12.5. The number of rotatable bonds is 11. The number of anilines is 1. The van der Waals surface area contributed by atoms with Crippen molar-refractivity contribution < 1.29 is 23.8 Å². The lowest BCUT2D eigenvalue weighted by atomic mass is 9.84. The lowest BCUT2D eigenvalue weighted by molar-refractivity contribution is -0.139. The zero-order valence-corrected chi connectivity index (χ0v) is 39.9. The maximum Gasteiger partial charge on any atom is 0.330 e. The van der Waals surface area contributed by atoms with Gasteiger partial charge in [-0.05, 0) is 173 Å². The van der Waals surface area contributed by atoms with Crippen molar-refractivity contribution in [3.63, 3.8) is 0 Å². The molecule has 0 unspecified atom stereocenters. The molecule has 8 aromatic rings. The molecule has 0 aromatic heterocycles. The molecular weight excluding hydrogens is 855 g/mol. The Morgan fingerprint density at radius 2 is 1.30 bits per heavy atom. The van der Waals surface area contributed by atoms with E-state index in [0.29, 0.717) is 28.3 Å². The fourth-order valence-electron chi connectivity index (χ4n) is 9.43. The predicted molar refractivity (Wildman–Crippen MR) is 281 cm³/mol. The van der Waals surface area contributed by atoms with Crippen molar-refractivity contribution in [2.45, 2.75) is 41.5 Å². The van der Waals surface area contributed by atoms with Crippen molar-refractivity contribution in [2.75, 3.05) is 25.1 Å². The number of benzene rings is 8. The fraction of sp³-hybridized carbons (Fsp3) is 0.148. The summed E-state index contributed by atoms with van der Waals surface area (Å²) >= 11 is 0. The van der Waals surface area contributed by atoms with E-state index in [4.69, 9.17) is 14.2 Å². The van der Waals surface area contributed by atoms with Gasteiger partial charge in [0.2, 0.25) is 0 Å². The van der Waals surface area contributed by atoms with E-state index in [0.717, 1.165) is 27.5 Å². The van der Waals surface area contributed by atoms with Crippen LogP contribution < -0.4 is 9.64 Å². The number of esters is 2. The largest absolute Gasteiger partial charge is 0.469 e. The number of nitriles is 1. The Balaban J connectivity index is 1.01. The molecule has 0 amide bonds. The summed E-state index contributed by atoms with van der Waals surface area (Å²) in [5.74, 6) is 0.0420. The van der Waals surface area contributed by atoms with Crippen molar-refractivity contribution in [3.05, 3.63) is 196 Å². The van der Waals surface area contributed by atoms with E-state index in [-0.39, 0.29) is 18.8 Å². The topological polar surface area (TPSA) is 101 Å². The van der Waals surface area contributed by atoms with Gasteiger partial charge in [0.15, 0.2) is 0 Å². The maximum atomic E-state index is 13.7. The quantitative estimate of drug-likeness (QED) is 0.0419. The normalized spacial score (nSPS) is 13.2. The molecule has 0 N–H and O–H groups in total. The van der Waals surface area contributed by atoms with Crippen LogP contribution in [0.3, 0.4) is 0 Å². The summed E-state index contributed by atoms with van der Waals surface area (Å²) in [7, 11) is 1.31. The number of carbonyl (C=O) groups excluding carboxylic acids is 2. The number of hydrogen-bond acceptors (Lipinski definition) is 8. The first-order valence-corrected chi connectivity index (χ1v) is 22.8. The zero-order valence-electron chi connectivity index (χ0n) is 39.9. The summed E-state index contributed by atoms with van der Waals surface area (Å²) in [6, 6.07) is 44.9. The third kappa shape index (κ3) is 9.28. The molecule has 1 aliphatic heterocycles. The van der Waals surface area contributed by atoms with Crippen LogP contribution in [0.4, 0.5) is 5.69 Å². The van der Waals surface area contributed by atoms with E-state index in [1.54, 1.807) is 24.2 Å². The van der Waals surface area contributed by atoms with E-state index >= 15 is 0 Å². The Morgan fingerprint density at radius 1 is 0.652 bits per heavy atom. The summed E-state index contributed by atoms with van der Waals surface area (Å²) in [4.78, 5) is 31.8. The van der Waals surface area contributed by atoms with Crippen LogP contribution in [0.1, 0.15) is 40.3 Å². The number of aryl methyl sites for hydroxylation is 5. The molecule has 8 heteroatoms. The molecule has 8 nitrogen and oxygen atoms in total. The minimum absolute atomic E-state index is 0.166. The zero-order chi connectivity index (χ0) is 48.5. The van der Waals surface area contributed by atoms with E-state index in [1.807, 2.05) is 49.4 Å². The van der Waals surface area contributed by atoms with E-state index in [1.165, 1.54) is 78.4 Å². The number of carbonyl (C=O) groups is 2. The first kappa shape index (κ1) is 45.6. The second kappa shape index (κ2) is 19.0. The molecule has 340 valence electrons. The SMILES string of the molecule is C=N/C(C#N)=C1\C=C(C)OC=C1/C=C/c1ccc(N(CC(=O)OC)CC(=O)Oc2cc3ccc(-c4c5ccc(C)cc5c(-c5ccc6cc(C)cc(C)c6c5)c5ccc(C)cc45)cc3cc2C)cc1. The summed E-state index contributed by atoms with van der Waals surface area (Å²) < 4.78 is 16.6. The highest BCUT2D eigenvalue weighted by Crippen LogP contribution is 2.46. The fourth-order valence-corrected chi connectivity index (χ4v) is 9.43. The van der Waals surface area contributed by atoms with Crippen molar-refractivity contribution in [3.8, 4) is 34.1 Å². The van der Waals surface area contributed by atoms with E-state index in [9.17, 15) is 14.9 Å². The predicted octanol–water partition coefficient (Wildman–Crippen LogP) is 14.1. The third-order valence-corrected chi connectivity index (χ3v) is 12.8. The minimum atomic E-state index is -0.529. The van der Waals surface area contributed by atoms with Crippen molar-refractivity contribution in [2.24, 2.45) is 4.99 Å². The highest BCUT2D eigenvalue weighted by molar-refractivity contribution is 6.22. The maximum absolute atomic E-state index is 13.7. The molecule has 0 fully saturated rings. The number of nitrogens with zero attached hydrogens (tertiary/aromatic N) is 3. The Morgan fingerprint density at radius 3 is 1.96 bits per heavy atom. The van der Waals surface area contributed by atoms with Gasteiger partial charge in [0, 0.05) is 16.8 Å². The number of aliphatic imine (C=N–C) groups is 1. The average molecular weight is 906 g/mol. The lowest BCUT2D eigenvalue weighted by Gasteiger charge is -2.23. The molecule has 0 aliphatic carbocycles. The van der Waals surface area contributed by atoms with E-state index < -0.39 is 11.9 Å². The molecule has 69 heavy (non-hydrogen) atoms. The van der Waals surface area contributed by atoms with Gasteiger partial charge < -0.3 is 19.1 Å². The lowest BCUT2D eigenvalue weighted by Crippen LogP contribution is -2.36. The molecule has 0 atom stereocenters. The van der Waals surface area contributed by atoms with Crippen LogP contribution in [0.25, 0.3) is 71.4 Å². The highest BCUT2D eigenvalue weighted by Gasteiger charge is 2.21. The van der Waals surface area contributed by atoms with Gasteiger partial charge in [-0.3, -0.25) is 9.79 Å². The number of ether oxygens (including phenoxy) is 3. The van der Waals surface area contributed by atoms with Crippen LogP contribution in [0.5, 0.6) is 5.75 Å². The molecule has 8 aromatic carbocycles. The Bertz CT molecular complexity index is 3620. The summed E-state index contributed by atoms with van der Waals surface area (Å²) in [6.07, 6.45) is 7.00. The minimum Gasteiger partial charge on any atom is -0.469 e. The number of fused-ring (bicyclic) bond motifs is 4. The molecule has 0 bridgehead atoms. The second-order valence-electron chi connectivity index (χ2n) is 17.9. The first-order chi connectivity index (χ1) is 33.3. The molecule has 0 saturated carbocycles.